The zero-order chi connectivity index (χ0) is 37.1. The first-order valence-corrected chi connectivity index (χ1v) is 17.4. The van der Waals surface area contributed by atoms with Crippen molar-refractivity contribution in [3.05, 3.63) is 161 Å². The molecular formula is C40H29F5N2O5S. The van der Waals surface area contributed by atoms with Gasteiger partial charge in [-0.2, -0.15) is 0 Å². The number of aromatic nitrogens is 1. The van der Waals surface area contributed by atoms with Gasteiger partial charge in [0.25, 0.3) is 11.1 Å². The molecule has 1 aliphatic rings. The van der Waals surface area contributed by atoms with Gasteiger partial charge in [-0.25, -0.2) is 26.9 Å². The number of benzene rings is 5. The molecule has 0 saturated carbocycles. The standard InChI is InChI=1S/C40H29F5N2O5S/c41-31-30(32(42)34(44)35(45)33(31)43)38(49)46-27-17-15-26(16-18-27)39-50-28(19-29(51-39)23-13-11-22(20-48)12-14-23)21-53-40-47-36(24-7-3-1-4-8-24)37(52-40)25-9-5-2-6-10-25/h1-18,28-29,39,48H,19-21H2,(H,46,49)/t28-,29+,39+/m1/s1. The summed E-state index contributed by atoms with van der Waals surface area (Å²) in [5.41, 5.74) is 3.03. The fourth-order valence-corrected chi connectivity index (χ4v) is 6.69. The Morgan fingerprint density at radius 3 is 1.94 bits per heavy atom. The fraction of sp³-hybridized carbons (Fsp3) is 0.150. The molecule has 1 fully saturated rings. The monoisotopic (exact) mass is 744 g/mol. The third-order valence-electron chi connectivity index (χ3n) is 8.58. The number of ether oxygens (including phenoxy) is 2. The average molecular weight is 745 g/mol. The second-order valence-electron chi connectivity index (χ2n) is 12.1. The van der Waals surface area contributed by atoms with Gasteiger partial charge in [0.1, 0.15) is 11.3 Å². The van der Waals surface area contributed by atoms with Crippen molar-refractivity contribution in [3.63, 3.8) is 0 Å². The van der Waals surface area contributed by atoms with Crippen LogP contribution >= 0.6 is 11.8 Å². The molecule has 2 heterocycles. The summed E-state index contributed by atoms with van der Waals surface area (Å²) in [6.45, 7) is -0.115. The van der Waals surface area contributed by atoms with Gasteiger partial charge in [0.15, 0.2) is 35.3 Å². The lowest BCUT2D eigenvalue weighted by Crippen LogP contribution is -2.31. The number of carbonyl (C=O) groups excluding carboxylic acids is 1. The van der Waals surface area contributed by atoms with E-state index in [4.69, 9.17) is 18.9 Å². The van der Waals surface area contributed by atoms with Crippen LogP contribution in [0.4, 0.5) is 27.6 Å². The molecule has 5 aromatic carbocycles. The molecule has 1 saturated heterocycles. The van der Waals surface area contributed by atoms with Gasteiger partial charge in [0.2, 0.25) is 5.82 Å². The molecule has 13 heteroatoms. The van der Waals surface area contributed by atoms with E-state index in [0.29, 0.717) is 34.4 Å². The highest BCUT2D eigenvalue weighted by Gasteiger charge is 2.33. The van der Waals surface area contributed by atoms with Crippen LogP contribution in [-0.4, -0.2) is 27.9 Å². The summed E-state index contributed by atoms with van der Waals surface area (Å²) in [4.78, 5) is 17.4. The van der Waals surface area contributed by atoms with Crippen molar-refractivity contribution in [1.82, 2.24) is 4.98 Å². The number of hydrogen-bond acceptors (Lipinski definition) is 7. The van der Waals surface area contributed by atoms with Gasteiger partial charge in [-0.05, 0) is 23.3 Å². The zero-order valence-corrected chi connectivity index (χ0v) is 28.4. The Morgan fingerprint density at radius 2 is 1.32 bits per heavy atom. The number of nitrogens with zero attached hydrogens (tertiary/aromatic N) is 1. The van der Waals surface area contributed by atoms with Crippen LogP contribution in [0.2, 0.25) is 0 Å². The number of amides is 1. The molecule has 0 spiro atoms. The molecule has 0 radical (unpaired) electrons. The van der Waals surface area contributed by atoms with Crippen molar-refractivity contribution < 1.29 is 45.7 Å². The van der Waals surface area contributed by atoms with Gasteiger partial charge >= 0.3 is 0 Å². The second-order valence-corrected chi connectivity index (χ2v) is 13.0. The minimum Gasteiger partial charge on any atom is -0.431 e. The smallest absolute Gasteiger partial charge is 0.261 e. The third kappa shape index (κ3) is 7.74. The first kappa shape index (κ1) is 36.0. The molecule has 0 unspecified atom stereocenters. The van der Waals surface area contributed by atoms with E-state index in [1.54, 1.807) is 24.3 Å². The quantitative estimate of drug-likeness (QED) is 0.0625. The minimum absolute atomic E-state index is 0.0223. The van der Waals surface area contributed by atoms with Crippen molar-refractivity contribution in [2.75, 3.05) is 11.1 Å². The first-order chi connectivity index (χ1) is 25.7. The minimum atomic E-state index is -2.36. The Kier molecular flexibility index (Phi) is 10.7. The summed E-state index contributed by atoms with van der Waals surface area (Å²) in [7, 11) is 0. The number of aliphatic hydroxyl groups is 1. The van der Waals surface area contributed by atoms with E-state index in [1.807, 2.05) is 72.8 Å². The Bertz CT molecular complexity index is 2140. The normalized spacial score (nSPS) is 17.1. The maximum absolute atomic E-state index is 14.2. The van der Waals surface area contributed by atoms with Crippen molar-refractivity contribution in [2.45, 2.75) is 36.7 Å². The second kappa shape index (κ2) is 15.7. The Labute approximate surface area is 304 Å². The number of thioether (sulfide) groups is 1. The van der Waals surface area contributed by atoms with Crippen LogP contribution in [0.1, 0.15) is 45.9 Å². The van der Waals surface area contributed by atoms with E-state index in [9.17, 15) is 31.9 Å². The lowest BCUT2D eigenvalue weighted by atomic mass is 10.0. The van der Waals surface area contributed by atoms with Crippen LogP contribution in [0.3, 0.4) is 0 Å². The molecular weight excluding hydrogens is 716 g/mol. The van der Waals surface area contributed by atoms with E-state index in [0.717, 1.165) is 22.3 Å². The molecule has 3 atom stereocenters. The van der Waals surface area contributed by atoms with Crippen molar-refractivity contribution in [2.24, 2.45) is 0 Å². The Balaban J connectivity index is 1.11. The number of anilines is 1. The molecule has 270 valence electrons. The molecule has 1 aliphatic heterocycles. The predicted octanol–water partition coefficient (Wildman–Crippen LogP) is 9.79. The maximum Gasteiger partial charge on any atom is 0.261 e. The molecule has 2 N–H and O–H groups in total. The maximum atomic E-state index is 14.2. The van der Waals surface area contributed by atoms with E-state index in [-0.39, 0.29) is 18.4 Å². The van der Waals surface area contributed by atoms with Gasteiger partial charge in [0, 0.05) is 34.6 Å². The topological polar surface area (TPSA) is 93.8 Å². The number of aliphatic hydroxyl groups excluding tert-OH is 1. The highest BCUT2D eigenvalue weighted by Crippen LogP contribution is 2.41. The molecule has 6 aromatic rings. The van der Waals surface area contributed by atoms with Gasteiger partial charge in [-0.15, -0.1) is 0 Å². The van der Waals surface area contributed by atoms with Gasteiger partial charge < -0.3 is 24.3 Å². The first-order valence-electron chi connectivity index (χ1n) is 16.4. The largest absolute Gasteiger partial charge is 0.431 e. The van der Waals surface area contributed by atoms with Crippen LogP contribution in [0.25, 0.3) is 22.6 Å². The van der Waals surface area contributed by atoms with Crippen LogP contribution in [0, 0.1) is 29.1 Å². The van der Waals surface area contributed by atoms with Crippen LogP contribution in [-0.2, 0) is 16.1 Å². The number of nitrogens with one attached hydrogen (secondary N) is 1. The van der Waals surface area contributed by atoms with Gasteiger partial charge in [-0.1, -0.05) is 109 Å². The molecule has 1 amide bonds. The summed E-state index contributed by atoms with van der Waals surface area (Å²) in [5.74, 6) is -11.7. The SMILES string of the molecule is O=C(Nc1ccc([C@H]2O[C@@H](CSc3nc(-c4ccccc4)c(-c4ccccc4)o3)C[C@@H](c3ccc(CO)cc3)O2)cc1)c1c(F)c(F)c(F)c(F)c1F. The molecule has 1 aromatic heterocycles. The lowest BCUT2D eigenvalue weighted by Gasteiger charge is -2.36. The highest BCUT2D eigenvalue weighted by molar-refractivity contribution is 7.99. The Morgan fingerprint density at radius 1 is 0.736 bits per heavy atom. The lowest BCUT2D eigenvalue weighted by molar-refractivity contribution is -0.245. The Hall–Kier alpha value is -5.34. The number of hydrogen-bond donors (Lipinski definition) is 2. The molecule has 7 nitrogen and oxygen atoms in total. The third-order valence-corrected chi connectivity index (χ3v) is 9.54. The number of rotatable bonds is 10. The molecule has 0 bridgehead atoms. The number of oxazole rings is 1. The molecule has 0 aliphatic carbocycles. The van der Waals surface area contributed by atoms with Crippen molar-refractivity contribution in [1.29, 1.82) is 0 Å². The summed E-state index contributed by atoms with van der Waals surface area (Å²) in [6.07, 6.45) is -1.23. The summed E-state index contributed by atoms with van der Waals surface area (Å²) >= 11 is 1.39. The van der Waals surface area contributed by atoms with Crippen molar-refractivity contribution >= 4 is 23.4 Å². The summed E-state index contributed by atoms with van der Waals surface area (Å²) < 4.78 is 88.4. The number of carbonyl (C=O) groups is 1. The summed E-state index contributed by atoms with van der Waals surface area (Å²) in [6, 6.07) is 32.6. The van der Waals surface area contributed by atoms with Gasteiger partial charge in [0.05, 0.1) is 18.8 Å². The van der Waals surface area contributed by atoms with Gasteiger partial charge in [-0.3, -0.25) is 4.79 Å². The van der Waals surface area contributed by atoms with E-state index in [2.05, 4.69) is 5.32 Å². The summed E-state index contributed by atoms with van der Waals surface area (Å²) in [5, 5.41) is 12.2. The van der Waals surface area contributed by atoms with E-state index >= 15 is 0 Å². The fourth-order valence-electron chi connectivity index (χ4n) is 5.85. The average Bonchev–Trinajstić information content (AvgIpc) is 3.64. The molecule has 7 rings (SSSR count). The van der Waals surface area contributed by atoms with Crippen LogP contribution in [0.5, 0.6) is 0 Å². The van der Waals surface area contributed by atoms with E-state index in [1.165, 1.54) is 23.9 Å². The number of halogens is 5. The zero-order valence-electron chi connectivity index (χ0n) is 27.6. The highest BCUT2D eigenvalue weighted by atomic mass is 32.2. The molecule has 53 heavy (non-hydrogen) atoms. The van der Waals surface area contributed by atoms with Crippen LogP contribution in [0.15, 0.2) is 119 Å². The van der Waals surface area contributed by atoms with Crippen molar-refractivity contribution in [3.8, 4) is 22.6 Å². The van der Waals surface area contributed by atoms with Crippen LogP contribution < -0.4 is 5.32 Å². The van der Waals surface area contributed by atoms with E-state index < -0.39 is 53.0 Å². The predicted molar refractivity (Wildman–Crippen MR) is 187 cm³/mol.